The van der Waals surface area contributed by atoms with Crippen LogP contribution in [-0.4, -0.2) is 41.7 Å². The number of nitrogens with two attached hydrogens (primary N) is 1. The van der Waals surface area contributed by atoms with Crippen LogP contribution in [0.1, 0.15) is 0 Å². The number of fused-ring (bicyclic) bond motifs is 1. The Kier molecular flexibility index (Phi) is 1.40. The van der Waals surface area contributed by atoms with E-state index in [2.05, 4.69) is 0 Å². The van der Waals surface area contributed by atoms with Crippen LogP contribution >= 0.6 is 0 Å². The van der Waals surface area contributed by atoms with Crippen LogP contribution in [0, 0.1) is 11.8 Å². The van der Waals surface area contributed by atoms with E-state index in [1.165, 1.54) is 0 Å². The third-order valence-electron chi connectivity index (χ3n) is 2.69. The van der Waals surface area contributed by atoms with Crippen molar-refractivity contribution in [1.82, 2.24) is 4.90 Å². The van der Waals surface area contributed by atoms with E-state index in [9.17, 15) is 4.79 Å². The van der Waals surface area contributed by atoms with Crippen LogP contribution in [0.4, 0.5) is 0 Å². The molecule has 2 fully saturated rings. The number of nitrogens with zero attached hydrogens (tertiary/aromatic N) is 1. The molecule has 2 atom stereocenters. The number of hydrogen-bond donors (Lipinski definition) is 2. The average molecular weight is 156 g/mol. The van der Waals surface area contributed by atoms with E-state index < -0.39 is 5.97 Å². The first-order chi connectivity index (χ1) is 5.18. The summed E-state index contributed by atoms with van der Waals surface area (Å²) in [6, 6.07) is 0.361. The third kappa shape index (κ3) is 1.12. The zero-order valence-corrected chi connectivity index (χ0v) is 6.23. The lowest BCUT2D eigenvalue weighted by Gasteiger charge is -2.14. The second-order valence-electron chi connectivity index (χ2n) is 3.49. The van der Waals surface area contributed by atoms with Crippen molar-refractivity contribution in [2.75, 3.05) is 19.6 Å². The van der Waals surface area contributed by atoms with Crippen molar-refractivity contribution < 1.29 is 9.90 Å². The molecule has 0 bridgehead atoms. The largest absolute Gasteiger partial charge is 0.480 e. The van der Waals surface area contributed by atoms with Gasteiger partial charge in [-0.2, -0.15) is 0 Å². The highest BCUT2D eigenvalue weighted by Gasteiger charge is 2.53. The van der Waals surface area contributed by atoms with Gasteiger partial charge in [0.15, 0.2) is 0 Å². The summed E-state index contributed by atoms with van der Waals surface area (Å²) in [5, 5.41) is 8.47. The summed E-state index contributed by atoms with van der Waals surface area (Å²) in [7, 11) is 0. The molecule has 2 aliphatic rings. The molecule has 2 unspecified atom stereocenters. The first-order valence-corrected chi connectivity index (χ1v) is 3.88. The van der Waals surface area contributed by atoms with Gasteiger partial charge in [0.25, 0.3) is 0 Å². The third-order valence-corrected chi connectivity index (χ3v) is 2.69. The van der Waals surface area contributed by atoms with Crippen LogP contribution in [0.2, 0.25) is 0 Å². The molecule has 0 spiro atoms. The van der Waals surface area contributed by atoms with Gasteiger partial charge in [-0.05, 0) is 11.8 Å². The molecule has 2 rings (SSSR count). The molecular weight excluding hydrogens is 144 g/mol. The van der Waals surface area contributed by atoms with Gasteiger partial charge >= 0.3 is 5.97 Å². The number of piperidine rings is 1. The molecule has 0 radical (unpaired) electrons. The summed E-state index contributed by atoms with van der Waals surface area (Å²) in [4.78, 5) is 12.2. The predicted octanol–water partition coefficient (Wildman–Crippen LogP) is -1.04. The van der Waals surface area contributed by atoms with Gasteiger partial charge in [-0.3, -0.25) is 9.69 Å². The Hall–Kier alpha value is -0.610. The number of rotatable bonds is 2. The van der Waals surface area contributed by atoms with Crippen molar-refractivity contribution in [1.29, 1.82) is 0 Å². The lowest BCUT2D eigenvalue weighted by atomic mass is 10.4. The van der Waals surface area contributed by atoms with Gasteiger partial charge in [-0.15, -0.1) is 0 Å². The van der Waals surface area contributed by atoms with Gasteiger partial charge < -0.3 is 10.8 Å². The number of carbonyl (C=O) groups is 1. The number of aliphatic carboxylic acids is 1. The second kappa shape index (κ2) is 2.19. The Bertz CT molecular complexity index is 183. The minimum absolute atomic E-state index is 0.180. The molecule has 4 nitrogen and oxygen atoms in total. The first-order valence-electron chi connectivity index (χ1n) is 3.88. The molecule has 62 valence electrons. The van der Waals surface area contributed by atoms with Crippen LogP contribution in [0.5, 0.6) is 0 Å². The lowest BCUT2D eigenvalue weighted by Crippen LogP contribution is -2.32. The molecule has 1 saturated heterocycles. The summed E-state index contributed by atoms with van der Waals surface area (Å²) >= 11 is 0. The highest BCUT2D eigenvalue weighted by molar-refractivity contribution is 5.69. The maximum atomic E-state index is 10.3. The van der Waals surface area contributed by atoms with Crippen molar-refractivity contribution in [3.05, 3.63) is 0 Å². The van der Waals surface area contributed by atoms with E-state index >= 15 is 0 Å². The number of likely N-dealkylation sites (tertiary alicyclic amines) is 1. The van der Waals surface area contributed by atoms with Gasteiger partial charge in [-0.25, -0.2) is 0 Å². The molecule has 1 aliphatic heterocycles. The van der Waals surface area contributed by atoms with Crippen LogP contribution < -0.4 is 5.73 Å². The van der Waals surface area contributed by atoms with Crippen LogP contribution in [0.15, 0.2) is 0 Å². The molecular formula is C7H12N2O2. The highest BCUT2D eigenvalue weighted by Crippen LogP contribution is 2.43. The fraction of sp³-hybridized carbons (Fsp3) is 0.857. The Balaban J connectivity index is 1.81. The summed E-state index contributed by atoms with van der Waals surface area (Å²) in [6.07, 6.45) is 0. The molecule has 0 aromatic carbocycles. The van der Waals surface area contributed by atoms with E-state index in [1.807, 2.05) is 4.90 Å². The normalized spacial score (nSPS) is 42.1. The van der Waals surface area contributed by atoms with Gasteiger partial charge in [0, 0.05) is 19.1 Å². The number of hydrogen-bond acceptors (Lipinski definition) is 3. The Morgan fingerprint density at radius 2 is 2.09 bits per heavy atom. The van der Waals surface area contributed by atoms with Gasteiger partial charge in [0.1, 0.15) is 0 Å². The molecule has 0 aromatic heterocycles. The monoisotopic (exact) mass is 156 g/mol. The van der Waals surface area contributed by atoms with Gasteiger partial charge in [0.05, 0.1) is 6.54 Å². The fourth-order valence-electron chi connectivity index (χ4n) is 1.98. The van der Waals surface area contributed by atoms with Crippen LogP contribution in [0.3, 0.4) is 0 Å². The topological polar surface area (TPSA) is 66.6 Å². The van der Waals surface area contributed by atoms with Crippen molar-refractivity contribution in [2.24, 2.45) is 17.6 Å². The maximum absolute atomic E-state index is 10.3. The van der Waals surface area contributed by atoms with Crippen molar-refractivity contribution in [3.63, 3.8) is 0 Å². The zero-order valence-electron chi connectivity index (χ0n) is 6.23. The van der Waals surface area contributed by atoms with E-state index in [1.54, 1.807) is 0 Å². The van der Waals surface area contributed by atoms with Crippen molar-refractivity contribution >= 4 is 5.97 Å². The zero-order chi connectivity index (χ0) is 8.01. The van der Waals surface area contributed by atoms with Gasteiger partial charge in [0.2, 0.25) is 0 Å². The summed E-state index contributed by atoms with van der Waals surface area (Å²) < 4.78 is 0. The Morgan fingerprint density at radius 1 is 1.55 bits per heavy atom. The minimum atomic E-state index is -0.736. The standard InChI is InChI=1S/C7H12N2O2/c8-7-4-1-9(2-5(4)7)3-6(10)11/h4-5,7H,1-3,8H2,(H,10,11). The van der Waals surface area contributed by atoms with Crippen molar-refractivity contribution in [3.8, 4) is 0 Å². The average Bonchev–Trinajstić information content (AvgIpc) is 2.44. The predicted molar refractivity (Wildman–Crippen MR) is 39.0 cm³/mol. The van der Waals surface area contributed by atoms with E-state index in [-0.39, 0.29) is 6.54 Å². The molecule has 11 heavy (non-hydrogen) atoms. The minimum Gasteiger partial charge on any atom is -0.480 e. The summed E-state index contributed by atoms with van der Waals surface area (Å²) in [6.45, 7) is 1.95. The Labute approximate surface area is 65.0 Å². The molecule has 3 N–H and O–H groups in total. The van der Waals surface area contributed by atoms with Crippen LogP contribution in [-0.2, 0) is 4.79 Å². The van der Waals surface area contributed by atoms with E-state index in [0.29, 0.717) is 17.9 Å². The van der Waals surface area contributed by atoms with Crippen molar-refractivity contribution in [2.45, 2.75) is 6.04 Å². The summed E-state index contributed by atoms with van der Waals surface area (Å²) in [5.41, 5.74) is 5.69. The quantitative estimate of drug-likeness (QED) is 0.536. The molecule has 0 amide bonds. The lowest BCUT2D eigenvalue weighted by molar-refractivity contribution is -0.138. The number of carboxylic acid groups (broad SMARTS) is 1. The molecule has 1 heterocycles. The van der Waals surface area contributed by atoms with Gasteiger partial charge in [-0.1, -0.05) is 0 Å². The highest BCUT2D eigenvalue weighted by atomic mass is 16.4. The maximum Gasteiger partial charge on any atom is 0.317 e. The smallest absolute Gasteiger partial charge is 0.317 e. The van der Waals surface area contributed by atoms with E-state index in [0.717, 1.165) is 13.1 Å². The molecule has 0 aromatic rings. The van der Waals surface area contributed by atoms with E-state index in [4.69, 9.17) is 10.8 Å². The first kappa shape index (κ1) is 7.06. The number of carboxylic acids is 1. The van der Waals surface area contributed by atoms with Crippen LogP contribution in [0.25, 0.3) is 0 Å². The molecule has 4 heteroatoms. The Morgan fingerprint density at radius 3 is 2.55 bits per heavy atom. The SMILES string of the molecule is NC1C2CN(CC(=O)O)CC12. The molecule has 1 saturated carbocycles. The second-order valence-corrected chi connectivity index (χ2v) is 3.49. The molecule has 1 aliphatic carbocycles. The summed E-state index contributed by atoms with van der Waals surface area (Å²) in [5.74, 6) is 0.448. The fourth-order valence-corrected chi connectivity index (χ4v) is 1.98.